The quantitative estimate of drug-likeness (QED) is 0.628. The molecule has 0 heterocycles. The third-order valence-electron chi connectivity index (χ3n) is 1.57. The van der Waals surface area contributed by atoms with Crippen LogP contribution in [0.4, 0.5) is 0 Å². The van der Waals surface area contributed by atoms with E-state index in [4.69, 9.17) is 0 Å². The molecule has 0 aromatic rings. The van der Waals surface area contributed by atoms with Gasteiger partial charge in [-0.2, -0.15) is 0 Å². The lowest BCUT2D eigenvalue weighted by atomic mass is 10.1. The molecule has 1 amide bonds. The fraction of sp³-hybridized carbons (Fsp3) is 0.700. The smallest absolute Gasteiger partial charge is 0.243 e. The van der Waals surface area contributed by atoms with Gasteiger partial charge in [0.05, 0.1) is 0 Å². The Bertz CT molecular complexity index is 161. The summed E-state index contributed by atoms with van der Waals surface area (Å²) in [7, 11) is 0. The Labute approximate surface area is 75.0 Å². The predicted octanol–water partition coefficient (Wildman–Crippen LogP) is 2.26. The molecular formula is C10H19NO. The Balaban J connectivity index is 3.71. The minimum atomic E-state index is 0.0443. The minimum absolute atomic E-state index is 0.0443. The van der Waals surface area contributed by atoms with Gasteiger partial charge in [0.25, 0.3) is 0 Å². The summed E-state index contributed by atoms with van der Waals surface area (Å²) in [5.41, 5.74) is 1.16. The van der Waals surface area contributed by atoms with Gasteiger partial charge >= 0.3 is 0 Å². The first-order valence-corrected chi connectivity index (χ1v) is 4.65. The first kappa shape index (κ1) is 11.2. The third-order valence-corrected chi connectivity index (χ3v) is 1.57. The lowest BCUT2D eigenvalue weighted by Crippen LogP contribution is -2.21. The second-order valence-electron chi connectivity index (χ2n) is 3.03. The summed E-state index contributed by atoms with van der Waals surface area (Å²) in [5.74, 6) is 0.0443. The van der Waals surface area contributed by atoms with Crippen LogP contribution in [0.15, 0.2) is 11.6 Å². The van der Waals surface area contributed by atoms with Crippen molar-refractivity contribution in [3.63, 3.8) is 0 Å². The van der Waals surface area contributed by atoms with Crippen molar-refractivity contribution in [1.29, 1.82) is 0 Å². The van der Waals surface area contributed by atoms with Crippen LogP contribution in [0.25, 0.3) is 0 Å². The number of hydrogen-bond acceptors (Lipinski definition) is 1. The molecule has 0 radical (unpaired) electrons. The molecule has 1 N–H and O–H groups in total. The minimum Gasteiger partial charge on any atom is -0.353 e. The molecule has 0 aliphatic heterocycles. The maximum Gasteiger partial charge on any atom is 0.243 e. The maximum absolute atomic E-state index is 11.1. The number of rotatable bonds is 5. The van der Waals surface area contributed by atoms with Gasteiger partial charge in [0.1, 0.15) is 0 Å². The van der Waals surface area contributed by atoms with E-state index < -0.39 is 0 Å². The van der Waals surface area contributed by atoms with E-state index in [1.165, 1.54) is 0 Å². The molecule has 0 saturated carbocycles. The second-order valence-corrected chi connectivity index (χ2v) is 3.03. The SMILES string of the molecule is CCCNC(=O)C=C(C)CCC. The van der Waals surface area contributed by atoms with Gasteiger partial charge in [-0.3, -0.25) is 4.79 Å². The zero-order chi connectivity index (χ0) is 9.40. The fourth-order valence-electron chi connectivity index (χ4n) is 0.990. The highest BCUT2D eigenvalue weighted by atomic mass is 16.1. The molecule has 0 aromatic carbocycles. The Kier molecular flexibility index (Phi) is 6.44. The number of allylic oxidation sites excluding steroid dienone is 1. The molecule has 2 heteroatoms. The first-order valence-electron chi connectivity index (χ1n) is 4.65. The van der Waals surface area contributed by atoms with E-state index in [9.17, 15) is 4.79 Å². The lowest BCUT2D eigenvalue weighted by molar-refractivity contribution is -0.116. The Hall–Kier alpha value is -0.790. The summed E-state index contributed by atoms with van der Waals surface area (Å²) in [6.45, 7) is 6.92. The van der Waals surface area contributed by atoms with Crippen LogP contribution in [0, 0.1) is 0 Å². The Morgan fingerprint density at radius 3 is 2.50 bits per heavy atom. The third kappa shape index (κ3) is 5.96. The van der Waals surface area contributed by atoms with Crippen LogP contribution in [0.3, 0.4) is 0 Å². The average Bonchev–Trinajstić information content (AvgIpc) is 2.01. The summed E-state index contributed by atoms with van der Waals surface area (Å²) in [6.07, 6.45) is 4.80. The number of carbonyl (C=O) groups excluding carboxylic acids is 1. The summed E-state index contributed by atoms with van der Waals surface area (Å²) in [4.78, 5) is 11.1. The van der Waals surface area contributed by atoms with Crippen LogP contribution in [0.1, 0.15) is 40.0 Å². The fourth-order valence-corrected chi connectivity index (χ4v) is 0.990. The molecule has 0 aromatic heterocycles. The Morgan fingerprint density at radius 1 is 1.33 bits per heavy atom. The van der Waals surface area contributed by atoms with Gasteiger partial charge in [0, 0.05) is 12.6 Å². The summed E-state index contributed by atoms with van der Waals surface area (Å²) in [5, 5.41) is 2.81. The van der Waals surface area contributed by atoms with Gasteiger partial charge in [0.2, 0.25) is 5.91 Å². The van der Waals surface area contributed by atoms with Crippen molar-refractivity contribution >= 4 is 5.91 Å². The number of hydrogen-bond donors (Lipinski definition) is 1. The molecule has 12 heavy (non-hydrogen) atoms. The first-order chi connectivity index (χ1) is 5.70. The normalized spacial score (nSPS) is 11.4. The van der Waals surface area contributed by atoms with Gasteiger partial charge in [-0.05, 0) is 19.8 Å². The van der Waals surface area contributed by atoms with E-state index in [2.05, 4.69) is 12.2 Å². The van der Waals surface area contributed by atoms with Crippen molar-refractivity contribution in [3.8, 4) is 0 Å². The molecule has 0 aliphatic rings. The molecular weight excluding hydrogens is 150 g/mol. The zero-order valence-electron chi connectivity index (χ0n) is 8.31. The van der Waals surface area contributed by atoms with Crippen molar-refractivity contribution < 1.29 is 4.79 Å². The van der Waals surface area contributed by atoms with E-state index in [0.29, 0.717) is 0 Å². The molecule has 0 fully saturated rings. The van der Waals surface area contributed by atoms with Crippen LogP contribution in [-0.2, 0) is 4.79 Å². The molecule has 0 bridgehead atoms. The average molecular weight is 169 g/mol. The van der Waals surface area contributed by atoms with Crippen LogP contribution in [0.5, 0.6) is 0 Å². The largest absolute Gasteiger partial charge is 0.353 e. The maximum atomic E-state index is 11.1. The van der Waals surface area contributed by atoms with Crippen molar-refractivity contribution in [1.82, 2.24) is 5.32 Å². The van der Waals surface area contributed by atoms with Crippen LogP contribution in [0.2, 0.25) is 0 Å². The van der Waals surface area contributed by atoms with Crippen molar-refractivity contribution in [2.75, 3.05) is 6.54 Å². The molecule has 0 spiro atoms. The van der Waals surface area contributed by atoms with Crippen molar-refractivity contribution in [2.24, 2.45) is 0 Å². The number of nitrogens with one attached hydrogen (secondary N) is 1. The van der Waals surface area contributed by atoms with Crippen LogP contribution >= 0.6 is 0 Å². The molecule has 0 atom stereocenters. The van der Waals surface area contributed by atoms with E-state index >= 15 is 0 Å². The van der Waals surface area contributed by atoms with Gasteiger partial charge in [-0.25, -0.2) is 0 Å². The summed E-state index contributed by atoms with van der Waals surface area (Å²) in [6, 6.07) is 0. The van der Waals surface area contributed by atoms with Gasteiger partial charge in [-0.1, -0.05) is 25.8 Å². The monoisotopic (exact) mass is 169 g/mol. The van der Waals surface area contributed by atoms with Gasteiger partial charge in [-0.15, -0.1) is 0 Å². The van der Waals surface area contributed by atoms with Crippen LogP contribution in [-0.4, -0.2) is 12.5 Å². The van der Waals surface area contributed by atoms with Crippen molar-refractivity contribution in [2.45, 2.75) is 40.0 Å². The van der Waals surface area contributed by atoms with E-state index in [-0.39, 0.29) is 5.91 Å². The van der Waals surface area contributed by atoms with E-state index in [1.807, 2.05) is 13.8 Å². The highest BCUT2D eigenvalue weighted by molar-refractivity contribution is 5.88. The standard InChI is InChI=1S/C10H19NO/c1-4-6-9(3)8-10(12)11-7-5-2/h8H,4-7H2,1-3H3,(H,11,12). The topological polar surface area (TPSA) is 29.1 Å². The Morgan fingerprint density at radius 2 is 2.00 bits per heavy atom. The number of carbonyl (C=O) groups is 1. The highest BCUT2D eigenvalue weighted by Crippen LogP contribution is 2.01. The molecule has 0 saturated heterocycles. The van der Waals surface area contributed by atoms with E-state index in [1.54, 1.807) is 6.08 Å². The van der Waals surface area contributed by atoms with Gasteiger partial charge < -0.3 is 5.32 Å². The summed E-state index contributed by atoms with van der Waals surface area (Å²) >= 11 is 0. The molecule has 0 unspecified atom stereocenters. The van der Waals surface area contributed by atoms with Crippen LogP contribution < -0.4 is 5.32 Å². The molecule has 70 valence electrons. The molecule has 0 rings (SSSR count). The predicted molar refractivity (Wildman–Crippen MR) is 52.0 cm³/mol. The molecule has 0 aliphatic carbocycles. The second kappa shape index (κ2) is 6.89. The molecule has 2 nitrogen and oxygen atoms in total. The zero-order valence-corrected chi connectivity index (χ0v) is 8.31. The van der Waals surface area contributed by atoms with E-state index in [0.717, 1.165) is 31.4 Å². The van der Waals surface area contributed by atoms with Crippen molar-refractivity contribution in [3.05, 3.63) is 11.6 Å². The van der Waals surface area contributed by atoms with Gasteiger partial charge in [0.15, 0.2) is 0 Å². The lowest BCUT2D eigenvalue weighted by Gasteiger charge is -2.00. The highest BCUT2D eigenvalue weighted by Gasteiger charge is 1.95. The summed E-state index contributed by atoms with van der Waals surface area (Å²) < 4.78 is 0. The number of amides is 1.